The van der Waals surface area contributed by atoms with Gasteiger partial charge in [-0.15, -0.1) is 0 Å². The Morgan fingerprint density at radius 1 is 1.08 bits per heavy atom. The van der Waals surface area contributed by atoms with Gasteiger partial charge in [0, 0.05) is 44.6 Å². The van der Waals surface area contributed by atoms with Crippen LogP contribution in [0.25, 0.3) is 0 Å². The van der Waals surface area contributed by atoms with Crippen LogP contribution in [0, 0.1) is 0 Å². The zero-order valence-corrected chi connectivity index (χ0v) is 14.1. The second-order valence-electron chi connectivity index (χ2n) is 5.53. The van der Waals surface area contributed by atoms with Crippen LogP contribution in [-0.2, 0) is 14.8 Å². The molecule has 2 rings (SSSR count). The van der Waals surface area contributed by atoms with Crippen molar-refractivity contribution < 1.29 is 26.4 Å². The van der Waals surface area contributed by atoms with E-state index in [1.807, 2.05) is 4.90 Å². The van der Waals surface area contributed by atoms with Crippen LogP contribution >= 0.6 is 0 Å². The minimum atomic E-state index is -4.92. The van der Waals surface area contributed by atoms with E-state index in [0.717, 1.165) is 19.0 Å². The second kappa shape index (κ2) is 6.60. The molecule has 0 bridgehead atoms. The largest absolute Gasteiger partial charge is 0.471 e. The van der Waals surface area contributed by atoms with E-state index in [9.17, 15) is 26.4 Å². The Balaban J connectivity index is 2.04. The molecule has 10 heteroatoms. The molecule has 0 atom stereocenters. The Morgan fingerprint density at radius 3 is 2.00 bits per heavy atom. The van der Waals surface area contributed by atoms with E-state index in [4.69, 9.17) is 0 Å². The number of rotatable bonds is 3. The smallest absolute Gasteiger partial charge is 0.369 e. The molecule has 1 aliphatic rings. The van der Waals surface area contributed by atoms with Crippen LogP contribution in [-0.4, -0.2) is 64.3 Å². The minimum Gasteiger partial charge on any atom is -0.369 e. The molecule has 1 heterocycles. The molecule has 0 radical (unpaired) electrons. The molecule has 0 aromatic heterocycles. The third kappa shape index (κ3) is 4.18. The summed E-state index contributed by atoms with van der Waals surface area (Å²) in [6.07, 6.45) is -3.76. The third-order valence-corrected chi connectivity index (χ3v) is 5.16. The maximum absolute atomic E-state index is 12.4. The minimum absolute atomic E-state index is 0.135. The first-order valence-electron chi connectivity index (χ1n) is 7.15. The predicted molar refractivity (Wildman–Crippen MR) is 84.5 cm³/mol. The number of benzene rings is 1. The second-order valence-corrected chi connectivity index (χ2v) is 7.51. The number of amides is 1. The molecule has 0 saturated carbocycles. The summed E-state index contributed by atoms with van der Waals surface area (Å²) in [6, 6.07) is 6.10. The summed E-state index contributed by atoms with van der Waals surface area (Å²) < 4.78 is 61.6. The summed E-state index contributed by atoms with van der Waals surface area (Å²) in [5, 5.41) is 0. The highest BCUT2D eigenvalue weighted by molar-refractivity contribution is 7.88. The molecule has 1 aliphatic heterocycles. The summed E-state index contributed by atoms with van der Waals surface area (Å²) in [7, 11) is -2.15. The zero-order chi connectivity index (χ0) is 18.1. The average molecular weight is 365 g/mol. The molecule has 0 N–H and O–H groups in total. The van der Waals surface area contributed by atoms with Crippen LogP contribution in [0.2, 0.25) is 0 Å². The Morgan fingerprint density at radius 2 is 1.58 bits per heavy atom. The van der Waals surface area contributed by atoms with Gasteiger partial charge in [0.1, 0.15) is 0 Å². The normalized spacial score (nSPS) is 17.0. The number of carbonyl (C=O) groups excluding carboxylic acids is 1. The molecule has 0 spiro atoms. The number of nitrogens with zero attached hydrogens (tertiary/aromatic N) is 3. The molecule has 24 heavy (non-hydrogen) atoms. The van der Waals surface area contributed by atoms with E-state index in [1.54, 1.807) is 12.1 Å². The third-order valence-electron chi connectivity index (χ3n) is 3.86. The number of carbonyl (C=O) groups is 1. The van der Waals surface area contributed by atoms with Crippen molar-refractivity contribution in [1.82, 2.24) is 4.31 Å². The number of halogens is 3. The molecular weight excluding hydrogens is 347 g/mol. The lowest BCUT2D eigenvalue weighted by Crippen LogP contribution is -2.48. The summed E-state index contributed by atoms with van der Waals surface area (Å²) >= 11 is 0. The quantitative estimate of drug-likeness (QED) is 0.810. The SMILES string of the molecule is CN(C(=O)C(F)(F)F)c1ccc(N2CCN(S(C)(=O)=O)CC2)cc1. The first-order valence-corrected chi connectivity index (χ1v) is 9.00. The number of hydrogen-bond acceptors (Lipinski definition) is 4. The van der Waals surface area contributed by atoms with Crippen molar-refractivity contribution in [3.63, 3.8) is 0 Å². The summed E-state index contributed by atoms with van der Waals surface area (Å²) in [5.41, 5.74) is 0.899. The fraction of sp³-hybridized carbons (Fsp3) is 0.500. The number of alkyl halides is 3. The Bertz CT molecular complexity index is 696. The van der Waals surface area contributed by atoms with Crippen LogP contribution < -0.4 is 9.80 Å². The summed E-state index contributed by atoms with van der Waals surface area (Å²) in [4.78, 5) is 13.7. The molecule has 6 nitrogen and oxygen atoms in total. The molecule has 0 unspecified atom stereocenters. The van der Waals surface area contributed by atoms with Crippen LogP contribution in [0.1, 0.15) is 0 Å². The van der Waals surface area contributed by atoms with Crippen LogP contribution in [0.3, 0.4) is 0 Å². The van der Waals surface area contributed by atoms with E-state index >= 15 is 0 Å². The lowest BCUT2D eigenvalue weighted by atomic mass is 10.2. The van der Waals surface area contributed by atoms with Gasteiger partial charge < -0.3 is 9.80 Å². The van der Waals surface area contributed by atoms with Crippen molar-refractivity contribution in [3.8, 4) is 0 Å². The van der Waals surface area contributed by atoms with Crippen molar-refractivity contribution in [2.75, 3.05) is 49.3 Å². The molecule has 1 fully saturated rings. The van der Waals surface area contributed by atoms with E-state index < -0.39 is 22.1 Å². The van der Waals surface area contributed by atoms with Gasteiger partial charge in [0.15, 0.2) is 0 Å². The first kappa shape index (κ1) is 18.5. The van der Waals surface area contributed by atoms with Crippen molar-refractivity contribution in [2.24, 2.45) is 0 Å². The van der Waals surface area contributed by atoms with E-state index in [2.05, 4.69) is 0 Å². The molecule has 1 aromatic carbocycles. The topological polar surface area (TPSA) is 60.9 Å². The highest BCUT2D eigenvalue weighted by Gasteiger charge is 2.41. The molecule has 0 aliphatic carbocycles. The Hall–Kier alpha value is -1.81. The van der Waals surface area contributed by atoms with Crippen LogP contribution in [0.4, 0.5) is 24.5 Å². The monoisotopic (exact) mass is 365 g/mol. The molecule has 1 aromatic rings. The van der Waals surface area contributed by atoms with Gasteiger partial charge >= 0.3 is 12.1 Å². The first-order chi connectivity index (χ1) is 11.0. The molecular formula is C14H18F3N3O3S. The highest BCUT2D eigenvalue weighted by Crippen LogP contribution is 2.25. The Kier molecular flexibility index (Phi) is 5.09. The van der Waals surface area contributed by atoms with Crippen molar-refractivity contribution in [2.45, 2.75) is 6.18 Å². The average Bonchev–Trinajstić information content (AvgIpc) is 2.52. The lowest BCUT2D eigenvalue weighted by molar-refractivity contribution is -0.170. The van der Waals surface area contributed by atoms with Gasteiger partial charge in [-0.1, -0.05) is 0 Å². The van der Waals surface area contributed by atoms with Gasteiger partial charge in [0.2, 0.25) is 10.0 Å². The fourth-order valence-corrected chi connectivity index (χ4v) is 3.30. The maximum Gasteiger partial charge on any atom is 0.471 e. The number of piperazine rings is 1. The zero-order valence-electron chi connectivity index (χ0n) is 13.2. The van der Waals surface area contributed by atoms with Gasteiger partial charge in [-0.2, -0.15) is 17.5 Å². The van der Waals surface area contributed by atoms with Crippen LogP contribution in [0.15, 0.2) is 24.3 Å². The van der Waals surface area contributed by atoms with Gasteiger partial charge in [-0.3, -0.25) is 4.79 Å². The highest BCUT2D eigenvalue weighted by atomic mass is 32.2. The van der Waals surface area contributed by atoms with Gasteiger partial charge in [-0.25, -0.2) is 8.42 Å². The fourth-order valence-electron chi connectivity index (χ4n) is 2.47. The van der Waals surface area contributed by atoms with E-state index in [0.29, 0.717) is 31.1 Å². The molecule has 1 saturated heterocycles. The van der Waals surface area contributed by atoms with Gasteiger partial charge in [-0.05, 0) is 24.3 Å². The number of sulfonamides is 1. The van der Waals surface area contributed by atoms with Gasteiger partial charge in [0.25, 0.3) is 0 Å². The lowest BCUT2D eigenvalue weighted by Gasteiger charge is -2.34. The Labute approximate surface area is 138 Å². The molecule has 134 valence electrons. The number of hydrogen-bond donors (Lipinski definition) is 0. The van der Waals surface area contributed by atoms with Gasteiger partial charge in [0.05, 0.1) is 6.26 Å². The van der Waals surface area contributed by atoms with Crippen LogP contribution in [0.5, 0.6) is 0 Å². The summed E-state index contributed by atoms with van der Waals surface area (Å²) in [5.74, 6) is -1.93. The maximum atomic E-state index is 12.4. The summed E-state index contributed by atoms with van der Waals surface area (Å²) in [6.45, 7) is 1.69. The van der Waals surface area contributed by atoms with E-state index in [-0.39, 0.29) is 5.69 Å². The van der Waals surface area contributed by atoms with E-state index in [1.165, 1.54) is 16.4 Å². The standard InChI is InChI=1S/C14H18F3N3O3S/c1-18(13(21)14(15,16)17)11-3-5-12(6-4-11)19-7-9-20(10-8-19)24(2,22)23/h3-6H,7-10H2,1-2H3. The molecule has 1 amide bonds. The van der Waals surface area contributed by atoms with Crippen molar-refractivity contribution in [1.29, 1.82) is 0 Å². The predicted octanol–water partition coefficient (Wildman–Crippen LogP) is 1.29. The van der Waals surface area contributed by atoms with Crippen molar-refractivity contribution in [3.05, 3.63) is 24.3 Å². The van der Waals surface area contributed by atoms with Crippen molar-refractivity contribution >= 4 is 27.3 Å². The number of anilines is 2.